The molecule has 0 saturated carbocycles. The smallest absolute Gasteiger partial charge is 0.323 e. The molecule has 0 saturated heterocycles. The number of aromatic nitrogens is 3. The van der Waals surface area contributed by atoms with Crippen LogP contribution in [0, 0.1) is 6.92 Å². The van der Waals surface area contributed by atoms with E-state index in [1.54, 1.807) is 25.1 Å². The normalized spacial score (nSPS) is 11.5. The van der Waals surface area contributed by atoms with E-state index in [1.807, 2.05) is 0 Å². The van der Waals surface area contributed by atoms with Crippen LogP contribution in [0.25, 0.3) is 11.0 Å². The zero-order valence-corrected chi connectivity index (χ0v) is 16.5. The van der Waals surface area contributed by atoms with Crippen LogP contribution in [-0.4, -0.2) is 29.4 Å². The summed E-state index contributed by atoms with van der Waals surface area (Å²) < 4.78 is 33.1. The lowest BCUT2D eigenvalue weighted by atomic mass is 10.1. The van der Waals surface area contributed by atoms with Crippen molar-refractivity contribution in [2.75, 3.05) is 4.72 Å². The molecular formula is C19H17N5O5S. The van der Waals surface area contributed by atoms with Crippen LogP contribution in [0.2, 0.25) is 0 Å². The Bertz CT molecular complexity index is 1400. The molecule has 0 aliphatic carbocycles. The summed E-state index contributed by atoms with van der Waals surface area (Å²) in [5, 5.41) is 6.48. The van der Waals surface area contributed by atoms with Gasteiger partial charge in [-0.3, -0.25) is 9.52 Å². The first-order chi connectivity index (χ1) is 14.3. The van der Waals surface area contributed by atoms with Crippen LogP contribution in [0.4, 0.5) is 5.69 Å². The molecule has 154 valence electrons. The van der Waals surface area contributed by atoms with Gasteiger partial charge in [-0.2, -0.15) is 0 Å². The summed E-state index contributed by atoms with van der Waals surface area (Å²) in [7, 11) is -4.01. The third kappa shape index (κ3) is 3.96. The molecule has 0 aliphatic rings. The van der Waals surface area contributed by atoms with Crippen LogP contribution in [0.1, 0.15) is 21.8 Å². The second kappa shape index (κ2) is 7.52. The molecule has 2 aromatic heterocycles. The highest BCUT2D eigenvalue weighted by molar-refractivity contribution is 7.92. The molecule has 1 amide bonds. The number of nitrogens with zero attached hydrogens (tertiary/aromatic N) is 1. The summed E-state index contributed by atoms with van der Waals surface area (Å²) in [5.41, 5.74) is 1.23. The summed E-state index contributed by atoms with van der Waals surface area (Å²) in [6, 6.07) is 12.1. The Kier molecular flexibility index (Phi) is 4.88. The average molecular weight is 427 g/mol. The Morgan fingerprint density at radius 3 is 2.63 bits per heavy atom. The Morgan fingerprint density at radius 2 is 1.87 bits per heavy atom. The lowest BCUT2D eigenvalue weighted by Crippen LogP contribution is -2.25. The van der Waals surface area contributed by atoms with Crippen molar-refractivity contribution in [3.63, 3.8) is 0 Å². The first-order valence-corrected chi connectivity index (χ1v) is 10.3. The van der Waals surface area contributed by atoms with Gasteiger partial charge in [-0.1, -0.05) is 17.3 Å². The Morgan fingerprint density at radius 1 is 1.10 bits per heavy atom. The fourth-order valence-corrected chi connectivity index (χ4v) is 4.03. The van der Waals surface area contributed by atoms with Gasteiger partial charge in [0.15, 0.2) is 0 Å². The van der Waals surface area contributed by atoms with Crippen molar-refractivity contribution in [2.24, 2.45) is 0 Å². The summed E-state index contributed by atoms with van der Waals surface area (Å²) in [6.45, 7) is 1.87. The number of hydrogen-bond acceptors (Lipinski definition) is 6. The van der Waals surface area contributed by atoms with E-state index in [9.17, 15) is 18.0 Å². The SMILES string of the molecule is Cc1cc(CNC(=O)c2ccccc2NS(=O)(=O)c2ccc3[nH]c(=O)[nH]c3c2)no1. The van der Waals surface area contributed by atoms with E-state index in [2.05, 4.69) is 25.2 Å². The molecule has 0 spiro atoms. The van der Waals surface area contributed by atoms with Gasteiger partial charge in [0, 0.05) is 6.07 Å². The second-order valence-electron chi connectivity index (χ2n) is 6.55. The average Bonchev–Trinajstić information content (AvgIpc) is 3.29. The van der Waals surface area contributed by atoms with Crippen LogP contribution in [-0.2, 0) is 16.6 Å². The largest absolute Gasteiger partial charge is 0.361 e. The molecule has 2 heterocycles. The summed E-state index contributed by atoms with van der Waals surface area (Å²) in [5.74, 6) is 0.146. The highest BCUT2D eigenvalue weighted by Gasteiger charge is 2.19. The van der Waals surface area contributed by atoms with Crippen LogP contribution < -0.4 is 15.7 Å². The third-order valence-electron chi connectivity index (χ3n) is 4.32. The Labute approximate surface area is 170 Å². The quantitative estimate of drug-likeness (QED) is 0.369. The van der Waals surface area contributed by atoms with E-state index in [0.717, 1.165) is 0 Å². The number of carbonyl (C=O) groups excluding carboxylic acids is 1. The number of benzene rings is 2. The molecule has 0 radical (unpaired) electrons. The molecule has 4 N–H and O–H groups in total. The number of fused-ring (bicyclic) bond motifs is 1. The van der Waals surface area contributed by atoms with Gasteiger partial charge >= 0.3 is 5.69 Å². The van der Waals surface area contributed by atoms with Crippen molar-refractivity contribution in [2.45, 2.75) is 18.4 Å². The summed E-state index contributed by atoms with van der Waals surface area (Å²) in [6.07, 6.45) is 0. The number of hydrogen-bond donors (Lipinski definition) is 4. The number of imidazole rings is 1. The van der Waals surface area contributed by atoms with E-state index in [0.29, 0.717) is 22.5 Å². The number of nitrogens with one attached hydrogen (secondary N) is 4. The van der Waals surface area contributed by atoms with Gasteiger partial charge in [0.05, 0.1) is 33.7 Å². The minimum atomic E-state index is -4.01. The Hall–Kier alpha value is -3.86. The monoisotopic (exact) mass is 427 g/mol. The minimum absolute atomic E-state index is 0.0569. The van der Waals surface area contributed by atoms with Gasteiger partial charge in [-0.05, 0) is 37.3 Å². The highest BCUT2D eigenvalue weighted by Crippen LogP contribution is 2.22. The molecule has 30 heavy (non-hydrogen) atoms. The van der Waals surface area contributed by atoms with Gasteiger partial charge in [0.25, 0.3) is 15.9 Å². The van der Waals surface area contributed by atoms with Crippen molar-refractivity contribution in [3.05, 3.63) is 76.0 Å². The minimum Gasteiger partial charge on any atom is -0.361 e. The maximum atomic E-state index is 12.8. The third-order valence-corrected chi connectivity index (χ3v) is 5.68. The molecular weight excluding hydrogens is 410 g/mol. The molecule has 2 aromatic carbocycles. The molecule has 4 rings (SSSR count). The fraction of sp³-hybridized carbons (Fsp3) is 0.105. The van der Waals surface area contributed by atoms with E-state index in [4.69, 9.17) is 4.52 Å². The van der Waals surface area contributed by atoms with Gasteiger partial charge in [0.1, 0.15) is 11.5 Å². The van der Waals surface area contributed by atoms with Gasteiger partial charge in [0.2, 0.25) is 0 Å². The van der Waals surface area contributed by atoms with Gasteiger partial charge in [-0.25, -0.2) is 13.2 Å². The van der Waals surface area contributed by atoms with Gasteiger partial charge in [-0.15, -0.1) is 0 Å². The Balaban J connectivity index is 1.57. The number of amides is 1. The summed E-state index contributed by atoms with van der Waals surface area (Å²) >= 11 is 0. The predicted molar refractivity (Wildman–Crippen MR) is 109 cm³/mol. The first-order valence-electron chi connectivity index (χ1n) is 8.86. The van der Waals surface area contributed by atoms with Gasteiger partial charge < -0.3 is 19.8 Å². The zero-order valence-electron chi connectivity index (χ0n) is 15.7. The molecule has 0 unspecified atom stereocenters. The molecule has 0 fully saturated rings. The lowest BCUT2D eigenvalue weighted by Gasteiger charge is -2.12. The molecule has 0 aliphatic heterocycles. The topological polar surface area (TPSA) is 150 Å². The molecule has 0 bridgehead atoms. The molecule has 0 atom stereocenters. The van der Waals surface area contributed by atoms with E-state index in [-0.39, 0.29) is 22.7 Å². The zero-order chi connectivity index (χ0) is 21.3. The van der Waals surface area contributed by atoms with E-state index < -0.39 is 21.6 Å². The number of aryl methyl sites for hydroxylation is 1. The number of sulfonamides is 1. The number of carbonyl (C=O) groups is 1. The van der Waals surface area contributed by atoms with Crippen molar-refractivity contribution < 1.29 is 17.7 Å². The fourth-order valence-electron chi connectivity index (χ4n) is 2.92. The number of H-pyrrole nitrogens is 2. The lowest BCUT2D eigenvalue weighted by molar-refractivity contribution is 0.0951. The number of rotatable bonds is 6. The van der Waals surface area contributed by atoms with Crippen molar-refractivity contribution in [1.29, 1.82) is 0 Å². The number of para-hydroxylation sites is 1. The maximum Gasteiger partial charge on any atom is 0.323 e. The molecule has 10 nitrogen and oxygen atoms in total. The van der Waals surface area contributed by atoms with E-state index >= 15 is 0 Å². The van der Waals surface area contributed by atoms with Crippen molar-refractivity contribution in [1.82, 2.24) is 20.4 Å². The van der Waals surface area contributed by atoms with Crippen molar-refractivity contribution >= 4 is 32.7 Å². The number of anilines is 1. The highest BCUT2D eigenvalue weighted by atomic mass is 32.2. The predicted octanol–water partition coefficient (Wildman–Crippen LogP) is 1.88. The maximum absolute atomic E-state index is 12.8. The van der Waals surface area contributed by atoms with Crippen LogP contribution in [0.3, 0.4) is 0 Å². The molecule has 4 aromatic rings. The first kappa shape index (κ1) is 19.5. The van der Waals surface area contributed by atoms with Crippen LogP contribution in [0.5, 0.6) is 0 Å². The number of aromatic amines is 2. The standard InChI is InChI=1S/C19H17N5O5S/c1-11-8-12(23-29-11)10-20-18(25)14-4-2-3-5-15(14)24-30(27,28)13-6-7-16-17(9-13)22-19(26)21-16/h2-9,24H,10H2,1H3,(H,20,25)(H2,21,22,26). The summed E-state index contributed by atoms with van der Waals surface area (Å²) in [4.78, 5) is 29.0. The van der Waals surface area contributed by atoms with E-state index in [1.165, 1.54) is 30.3 Å². The van der Waals surface area contributed by atoms with Crippen LogP contribution in [0.15, 0.2) is 62.7 Å². The second-order valence-corrected chi connectivity index (χ2v) is 8.23. The van der Waals surface area contributed by atoms with Crippen molar-refractivity contribution in [3.8, 4) is 0 Å². The molecule has 11 heteroatoms. The van der Waals surface area contributed by atoms with Crippen LogP contribution >= 0.6 is 0 Å².